The van der Waals surface area contributed by atoms with E-state index in [2.05, 4.69) is 20.3 Å². The van der Waals surface area contributed by atoms with E-state index in [4.69, 9.17) is 5.26 Å². The normalized spacial score (nSPS) is 9.76. The summed E-state index contributed by atoms with van der Waals surface area (Å²) in [7, 11) is 1.26. The van der Waals surface area contributed by atoms with E-state index in [1.165, 1.54) is 31.4 Å². The number of nitrogens with one attached hydrogen (secondary N) is 1. The summed E-state index contributed by atoms with van der Waals surface area (Å²) in [5, 5.41) is 18.9. The van der Waals surface area contributed by atoms with Gasteiger partial charge in [-0.3, -0.25) is 0 Å². The van der Waals surface area contributed by atoms with Crippen molar-refractivity contribution in [3.05, 3.63) is 53.0 Å². The molecule has 0 unspecified atom stereocenters. The van der Waals surface area contributed by atoms with Gasteiger partial charge in [0.25, 0.3) is 0 Å². The Morgan fingerprint density at radius 3 is 2.81 bits per heavy atom. The Morgan fingerprint density at radius 1 is 1.38 bits per heavy atom. The van der Waals surface area contributed by atoms with Crippen LogP contribution in [0, 0.1) is 17.1 Å². The molecule has 0 saturated carbocycles. The number of carbonyl (C=O) groups excluding carboxylic acids is 1. The first-order valence-electron chi connectivity index (χ1n) is 5.98. The van der Waals surface area contributed by atoms with Crippen molar-refractivity contribution in [3.8, 4) is 6.07 Å². The van der Waals surface area contributed by atoms with E-state index in [-0.39, 0.29) is 17.8 Å². The van der Waals surface area contributed by atoms with Gasteiger partial charge in [0, 0.05) is 12.1 Å². The number of ether oxygens (including phenoxy) is 1. The fourth-order valence-electron chi connectivity index (χ4n) is 1.63. The van der Waals surface area contributed by atoms with Gasteiger partial charge in [0.15, 0.2) is 5.69 Å². The number of anilines is 1. The van der Waals surface area contributed by atoms with Crippen molar-refractivity contribution in [3.63, 3.8) is 0 Å². The SMILES string of the molecule is COC(=O)c1ccc(F)c(CNc2ccc(C#N)nn2)c1. The van der Waals surface area contributed by atoms with Crippen LogP contribution in [-0.4, -0.2) is 23.3 Å². The number of hydrogen-bond acceptors (Lipinski definition) is 6. The van der Waals surface area contributed by atoms with Crippen molar-refractivity contribution in [1.29, 1.82) is 5.26 Å². The maximum atomic E-state index is 13.7. The molecule has 0 amide bonds. The number of nitriles is 1. The average molecular weight is 286 g/mol. The molecule has 21 heavy (non-hydrogen) atoms. The monoisotopic (exact) mass is 286 g/mol. The van der Waals surface area contributed by atoms with E-state index < -0.39 is 11.8 Å². The predicted molar refractivity (Wildman–Crippen MR) is 71.8 cm³/mol. The lowest BCUT2D eigenvalue weighted by atomic mass is 10.1. The van der Waals surface area contributed by atoms with Gasteiger partial charge in [0.1, 0.15) is 17.7 Å². The van der Waals surface area contributed by atoms with E-state index in [9.17, 15) is 9.18 Å². The number of aromatic nitrogens is 2. The summed E-state index contributed by atoms with van der Waals surface area (Å²) in [5.74, 6) is -0.581. The number of rotatable bonds is 4. The highest BCUT2D eigenvalue weighted by atomic mass is 19.1. The van der Waals surface area contributed by atoms with Gasteiger partial charge in [-0.25, -0.2) is 9.18 Å². The molecule has 0 spiro atoms. The number of esters is 1. The summed E-state index contributed by atoms with van der Waals surface area (Å²) >= 11 is 0. The average Bonchev–Trinajstić information content (AvgIpc) is 2.53. The van der Waals surface area contributed by atoms with Crippen molar-refractivity contribution in [2.75, 3.05) is 12.4 Å². The van der Waals surface area contributed by atoms with Gasteiger partial charge < -0.3 is 10.1 Å². The molecule has 1 aromatic heterocycles. The minimum Gasteiger partial charge on any atom is -0.465 e. The first kappa shape index (κ1) is 14.4. The van der Waals surface area contributed by atoms with E-state index in [0.29, 0.717) is 11.4 Å². The third-order valence-electron chi connectivity index (χ3n) is 2.71. The Labute approximate surface area is 120 Å². The van der Waals surface area contributed by atoms with Crippen molar-refractivity contribution in [2.45, 2.75) is 6.54 Å². The van der Waals surface area contributed by atoms with E-state index in [1.54, 1.807) is 6.07 Å². The molecule has 2 rings (SSSR count). The smallest absolute Gasteiger partial charge is 0.337 e. The maximum Gasteiger partial charge on any atom is 0.337 e. The van der Waals surface area contributed by atoms with Crippen LogP contribution in [0.4, 0.5) is 10.2 Å². The highest BCUT2D eigenvalue weighted by molar-refractivity contribution is 5.89. The second kappa shape index (κ2) is 6.43. The van der Waals surface area contributed by atoms with E-state index in [1.807, 2.05) is 6.07 Å². The van der Waals surface area contributed by atoms with Gasteiger partial charge in [-0.15, -0.1) is 10.2 Å². The van der Waals surface area contributed by atoms with Gasteiger partial charge in [-0.1, -0.05) is 0 Å². The third kappa shape index (κ3) is 3.51. The molecule has 2 aromatic rings. The summed E-state index contributed by atoms with van der Waals surface area (Å²) < 4.78 is 18.3. The van der Waals surface area contributed by atoms with E-state index >= 15 is 0 Å². The van der Waals surface area contributed by atoms with Crippen LogP contribution in [0.15, 0.2) is 30.3 Å². The molecule has 1 N–H and O–H groups in total. The largest absolute Gasteiger partial charge is 0.465 e. The molecular formula is C14H11FN4O2. The summed E-state index contributed by atoms with van der Waals surface area (Å²) in [6.45, 7) is 0.122. The zero-order valence-corrected chi connectivity index (χ0v) is 11.1. The minimum absolute atomic E-state index is 0.122. The van der Waals surface area contributed by atoms with Crippen LogP contribution in [0.3, 0.4) is 0 Å². The topological polar surface area (TPSA) is 87.9 Å². The molecule has 1 aromatic carbocycles. The minimum atomic E-state index is -0.533. The first-order chi connectivity index (χ1) is 10.1. The van der Waals surface area contributed by atoms with Crippen LogP contribution in [0.2, 0.25) is 0 Å². The fourth-order valence-corrected chi connectivity index (χ4v) is 1.63. The summed E-state index contributed by atoms with van der Waals surface area (Å²) in [4.78, 5) is 11.4. The summed E-state index contributed by atoms with van der Waals surface area (Å²) in [6, 6.07) is 8.87. The molecule has 1 heterocycles. The third-order valence-corrected chi connectivity index (χ3v) is 2.71. The number of benzene rings is 1. The number of hydrogen-bond donors (Lipinski definition) is 1. The maximum absolute atomic E-state index is 13.7. The number of carbonyl (C=O) groups is 1. The zero-order valence-electron chi connectivity index (χ0n) is 11.1. The Kier molecular flexibility index (Phi) is 4.41. The van der Waals surface area contributed by atoms with Crippen LogP contribution in [0.5, 0.6) is 0 Å². The highest BCUT2D eigenvalue weighted by Crippen LogP contribution is 2.13. The van der Waals surface area contributed by atoms with Gasteiger partial charge in [0.05, 0.1) is 12.7 Å². The lowest BCUT2D eigenvalue weighted by Gasteiger charge is -2.07. The van der Waals surface area contributed by atoms with Crippen molar-refractivity contribution < 1.29 is 13.9 Å². The molecule has 0 aliphatic carbocycles. The molecule has 0 aliphatic rings. The Morgan fingerprint density at radius 2 is 2.19 bits per heavy atom. The molecule has 0 bridgehead atoms. The number of methoxy groups -OCH3 is 1. The van der Waals surface area contributed by atoms with Crippen LogP contribution in [0.1, 0.15) is 21.6 Å². The standard InChI is InChI=1S/C14H11FN4O2/c1-21-14(20)9-2-4-12(15)10(6-9)8-17-13-5-3-11(7-16)18-19-13/h2-6H,8H2,1H3,(H,17,19). The lowest BCUT2D eigenvalue weighted by molar-refractivity contribution is 0.0600. The van der Waals surface area contributed by atoms with Crippen LogP contribution >= 0.6 is 0 Å². The van der Waals surface area contributed by atoms with Crippen LogP contribution in [0.25, 0.3) is 0 Å². The second-order valence-electron chi connectivity index (χ2n) is 4.07. The second-order valence-corrected chi connectivity index (χ2v) is 4.07. The molecular weight excluding hydrogens is 275 g/mol. The molecule has 0 saturated heterocycles. The van der Waals surface area contributed by atoms with Gasteiger partial charge in [-0.05, 0) is 30.3 Å². The van der Waals surface area contributed by atoms with E-state index in [0.717, 1.165) is 0 Å². The molecule has 7 heteroatoms. The van der Waals surface area contributed by atoms with Crippen molar-refractivity contribution in [2.24, 2.45) is 0 Å². The number of halogens is 1. The Balaban J connectivity index is 2.11. The molecule has 0 aliphatic heterocycles. The van der Waals surface area contributed by atoms with Gasteiger partial charge >= 0.3 is 5.97 Å². The molecule has 6 nitrogen and oxygen atoms in total. The summed E-state index contributed by atoms with van der Waals surface area (Å²) in [5.41, 5.74) is 0.755. The molecule has 0 fully saturated rings. The van der Waals surface area contributed by atoms with Gasteiger partial charge in [0.2, 0.25) is 0 Å². The lowest BCUT2D eigenvalue weighted by Crippen LogP contribution is -2.07. The number of nitrogens with zero attached hydrogens (tertiary/aromatic N) is 3. The zero-order chi connectivity index (χ0) is 15.2. The highest BCUT2D eigenvalue weighted by Gasteiger charge is 2.10. The molecule has 0 radical (unpaired) electrons. The quantitative estimate of drug-likeness (QED) is 0.863. The Hall–Kier alpha value is -3.01. The van der Waals surface area contributed by atoms with Crippen LogP contribution in [-0.2, 0) is 11.3 Å². The fraction of sp³-hybridized carbons (Fsp3) is 0.143. The van der Waals surface area contributed by atoms with Crippen molar-refractivity contribution in [1.82, 2.24) is 10.2 Å². The van der Waals surface area contributed by atoms with Crippen LogP contribution < -0.4 is 5.32 Å². The predicted octanol–water partition coefficient (Wildman–Crippen LogP) is 1.89. The van der Waals surface area contributed by atoms with Crippen molar-refractivity contribution >= 4 is 11.8 Å². The molecule has 0 atom stereocenters. The first-order valence-corrected chi connectivity index (χ1v) is 5.98. The molecule has 106 valence electrons. The summed E-state index contributed by atoms with van der Waals surface area (Å²) in [6.07, 6.45) is 0. The van der Waals surface area contributed by atoms with Gasteiger partial charge in [-0.2, -0.15) is 5.26 Å². The Bertz CT molecular complexity index is 695.